The van der Waals surface area contributed by atoms with Crippen molar-refractivity contribution in [2.75, 3.05) is 13.2 Å². The van der Waals surface area contributed by atoms with Crippen molar-refractivity contribution in [2.24, 2.45) is 0 Å². The minimum Gasteiger partial charge on any atom is -0.465 e. The largest absolute Gasteiger partial charge is 0.465 e. The number of aromatic amines is 1. The van der Waals surface area contributed by atoms with Gasteiger partial charge in [0.25, 0.3) is 13.1 Å². The third-order valence-corrected chi connectivity index (χ3v) is 7.82. The molecule has 1 aromatic carbocycles. The van der Waals surface area contributed by atoms with Crippen LogP contribution in [0.3, 0.4) is 0 Å². The van der Waals surface area contributed by atoms with Gasteiger partial charge in [0.15, 0.2) is 11.9 Å². The van der Waals surface area contributed by atoms with Crippen LogP contribution >= 0.6 is 7.52 Å². The summed E-state index contributed by atoms with van der Waals surface area (Å²) >= 11 is 0. The van der Waals surface area contributed by atoms with Gasteiger partial charge in [-0.05, 0) is 25.8 Å². The van der Waals surface area contributed by atoms with Crippen molar-refractivity contribution in [2.45, 2.75) is 63.5 Å². The van der Waals surface area contributed by atoms with E-state index in [1.165, 1.54) is 6.92 Å². The highest BCUT2D eigenvalue weighted by Gasteiger charge is 2.55. The summed E-state index contributed by atoms with van der Waals surface area (Å²) in [5.74, 6) is -0.611. The molecule has 0 aliphatic carbocycles. The zero-order valence-electron chi connectivity index (χ0n) is 20.3. The molecule has 36 heavy (non-hydrogen) atoms. The fourth-order valence-corrected chi connectivity index (χ4v) is 5.82. The third-order valence-electron chi connectivity index (χ3n) is 5.69. The first kappa shape index (κ1) is 27.9. The zero-order valence-corrected chi connectivity index (χ0v) is 21.2. The second-order valence-corrected chi connectivity index (χ2v) is 11.0. The van der Waals surface area contributed by atoms with Crippen LogP contribution in [0.4, 0.5) is 4.39 Å². The van der Waals surface area contributed by atoms with E-state index in [2.05, 4.69) is 5.09 Å². The van der Waals surface area contributed by atoms with Crippen molar-refractivity contribution in [3.05, 3.63) is 69.0 Å². The Labute approximate surface area is 207 Å². The topological polar surface area (TPSA) is 149 Å². The molecule has 6 atom stereocenters. The first-order chi connectivity index (χ1) is 17.0. The number of aliphatic hydroxyl groups excluding tert-OH is 1. The highest BCUT2D eigenvalue weighted by Crippen LogP contribution is 2.48. The van der Waals surface area contributed by atoms with Gasteiger partial charge in [-0.3, -0.25) is 23.7 Å². The highest BCUT2D eigenvalue weighted by molar-refractivity contribution is 7.56. The number of ether oxygens (including phenoxy) is 2. The van der Waals surface area contributed by atoms with Crippen LogP contribution in [0, 0.1) is 0 Å². The van der Waals surface area contributed by atoms with Crippen molar-refractivity contribution in [3.8, 4) is 0 Å². The molecule has 3 rings (SSSR count). The molecule has 1 aliphatic heterocycles. The van der Waals surface area contributed by atoms with E-state index in [1.807, 2.05) is 11.9 Å². The van der Waals surface area contributed by atoms with Gasteiger partial charge < -0.3 is 19.1 Å². The van der Waals surface area contributed by atoms with Crippen LogP contribution in [0.25, 0.3) is 0 Å². The molecule has 0 bridgehead atoms. The van der Waals surface area contributed by atoms with E-state index >= 15 is 4.39 Å². The minimum absolute atomic E-state index is 0.0994. The summed E-state index contributed by atoms with van der Waals surface area (Å²) in [6, 6.07) is 8.81. The van der Waals surface area contributed by atoms with Crippen molar-refractivity contribution >= 4 is 13.5 Å². The van der Waals surface area contributed by atoms with Gasteiger partial charge in [0, 0.05) is 12.3 Å². The lowest BCUT2D eigenvalue weighted by Crippen LogP contribution is -2.43. The standard InChI is InChI=1S/C23H31FN3O8P/c1-4-12-33-20(30)15(2)26-36(32,14-16-8-6-5-7-9-16)34-13-17-19(29)23(3,24)21(35-17)27-11-10-18(28)25-22(27)31/h5-11,15,17,19,21,29H,4,12-14H2,1-3H3,(H,26,32)(H,25,28,31)/t15-,17?,19+,21+,23+,36-/m0/s1. The Morgan fingerprint density at radius 2 is 2.03 bits per heavy atom. The van der Waals surface area contributed by atoms with E-state index in [0.717, 1.165) is 23.8 Å². The predicted molar refractivity (Wildman–Crippen MR) is 128 cm³/mol. The fourth-order valence-electron chi connectivity index (χ4n) is 3.78. The van der Waals surface area contributed by atoms with Crippen LogP contribution < -0.4 is 16.3 Å². The van der Waals surface area contributed by atoms with Gasteiger partial charge in [0.1, 0.15) is 18.2 Å². The normalized spacial score (nSPS) is 26.3. The van der Waals surface area contributed by atoms with E-state index in [0.29, 0.717) is 12.0 Å². The molecule has 2 aromatic rings. The van der Waals surface area contributed by atoms with Crippen molar-refractivity contribution in [1.29, 1.82) is 0 Å². The molecule has 1 aromatic heterocycles. The minimum atomic E-state index is -3.79. The SMILES string of the molecule is CCCOC(=O)[C@H](C)N[P@](=O)(Cc1ccccc1)OCC1O[C@@H](n2ccc(=O)[nH]c2=O)[C@](C)(F)[C@@H]1O. The monoisotopic (exact) mass is 527 g/mol. The first-order valence-corrected chi connectivity index (χ1v) is 13.3. The number of H-pyrrole nitrogens is 1. The lowest BCUT2D eigenvalue weighted by atomic mass is 9.98. The number of nitrogens with one attached hydrogen (secondary N) is 2. The van der Waals surface area contributed by atoms with E-state index < -0.39 is 61.5 Å². The van der Waals surface area contributed by atoms with Gasteiger partial charge in [-0.2, -0.15) is 0 Å². The number of halogens is 1. The second-order valence-electron chi connectivity index (χ2n) is 8.77. The summed E-state index contributed by atoms with van der Waals surface area (Å²) in [6.45, 7) is 4.07. The molecule has 1 saturated heterocycles. The molecule has 1 unspecified atom stereocenters. The van der Waals surface area contributed by atoms with Crippen LogP contribution in [0.15, 0.2) is 52.2 Å². The Kier molecular flexibility index (Phi) is 9.02. The average molecular weight is 527 g/mol. The number of hydrogen-bond donors (Lipinski definition) is 3. The number of aromatic nitrogens is 2. The van der Waals surface area contributed by atoms with E-state index in [1.54, 1.807) is 30.3 Å². The quantitative estimate of drug-likeness (QED) is 0.294. The molecule has 0 saturated carbocycles. The van der Waals surface area contributed by atoms with Crippen LogP contribution in [0.5, 0.6) is 0 Å². The van der Waals surface area contributed by atoms with Gasteiger partial charge in [-0.25, -0.2) is 14.3 Å². The maximum absolute atomic E-state index is 15.5. The van der Waals surface area contributed by atoms with Crippen molar-refractivity contribution < 1.29 is 32.9 Å². The summed E-state index contributed by atoms with van der Waals surface area (Å²) in [6.07, 6.45) is -3.05. The zero-order chi connectivity index (χ0) is 26.5. The number of rotatable bonds is 11. The van der Waals surface area contributed by atoms with E-state index in [-0.39, 0.29) is 12.8 Å². The van der Waals surface area contributed by atoms with Gasteiger partial charge in [0.2, 0.25) is 0 Å². The van der Waals surface area contributed by atoms with Crippen molar-refractivity contribution in [3.63, 3.8) is 0 Å². The number of aliphatic hydroxyl groups is 1. The van der Waals surface area contributed by atoms with Crippen LogP contribution in [0.1, 0.15) is 39.0 Å². The Hall–Kier alpha value is -2.63. The maximum atomic E-state index is 15.5. The molecule has 13 heteroatoms. The predicted octanol–water partition coefficient (Wildman–Crippen LogP) is 1.86. The number of carbonyl (C=O) groups is 1. The van der Waals surface area contributed by atoms with Gasteiger partial charge >= 0.3 is 11.7 Å². The van der Waals surface area contributed by atoms with Gasteiger partial charge in [-0.15, -0.1) is 0 Å². The molecule has 198 valence electrons. The number of alkyl halides is 1. The first-order valence-electron chi connectivity index (χ1n) is 11.5. The fraction of sp³-hybridized carbons (Fsp3) is 0.522. The molecule has 3 N–H and O–H groups in total. The molecule has 11 nitrogen and oxygen atoms in total. The molecule has 0 amide bonds. The number of nitrogens with zero attached hydrogens (tertiary/aromatic N) is 1. The van der Waals surface area contributed by atoms with E-state index in [9.17, 15) is 24.1 Å². The van der Waals surface area contributed by atoms with E-state index in [4.69, 9.17) is 14.0 Å². The summed E-state index contributed by atoms with van der Waals surface area (Å²) < 4.78 is 46.4. The van der Waals surface area contributed by atoms with Crippen LogP contribution in [-0.2, 0) is 29.5 Å². The average Bonchev–Trinajstić information content (AvgIpc) is 3.05. The molecule has 1 aliphatic rings. The lowest BCUT2D eigenvalue weighted by Gasteiger charge is -2.25. The number of hydrogen-bond acceptors (Lipinski definition) is 8. The van der Waals surface area contributed by atoms with Crippen LogP contribution in [0.2, 0.25) is 0 Å². The Morgan fingerprint density at radius 1 is 1.33 bits per heavy atom. The summed E-state index contributed by atoms with van der Waals surface area (Å²) in [7, 11) is -3.79. The molecular formula is C23H31FN3O8P. The third kappa shape index (κ3) is 6.57. The molecule has 0 radical (unpaired) electrons. The van der Waals surface area contributed by atoms with Crippen LogP contribution in [-0.4, -0.2) is 57.8 Å². The molecule has 2 heterocycles. The Morgan fingerprint density at radius 3 is 2.67 bits per heavy atom. The highest BCUT2D eigenvalue weighted by atomic mass is 31.2. The second kappa shape index (κ2) is 11.6. The number of esters is 1. The Balaban J connectivity index is 1.78. The smallest absolute Gasteiger partial charge is 0.330 e. The maximum Gasteiger partial charge on any atom is 0.330 e. The molecule has 0 spiro atoms. The Bertz CT molecular complexity index is 1200. The molecule has 1 fully saturated rings. The number of benzene rings is 1. The van der Waals surface area contributed by atoms with Gasteiger partial charge in [-0.1, -0.05) is 37.3 Å². The number of carbonyl (C=O) groups excluding carboxylic acids is 1. The lowest BCUT2D eigenvalue weighted by molar-refractivity contribution is -0.145. The summed E-state index contributed by atoms with van der Waals surface area (Å²) in [5, 5.41) is 13.3. The summed E-state index contributed by atoms with van der Waals surface area (Å²) in [4.78, 5) is 37.8. The van der Waals surface area contributed by atoms with Gasteiger partial charge in [0.05, 0.1) is 19.4 Å². The summed E-state index contributed by atoms with van der Waals surface area (Å²) in [5.41, 5.74) is -3.37. The molecular weight excluding hydrogens is 496 g/mol. The van der Waals surface area contributed by atoms with Crippen molar-refractivity contribution in [1.82, 2.24) is 14.6 Å².